The highest BCUT2D eigenvalue weighted by atomic mass is 16.7. The highest BCUT2D eigenvalue weighted by Gasteiger charge is 2.25. The predicted octanol–water partition coefficient (Wildman–Crippen LogP) is 12.4. The van der Waals surface area contributed by atoms with Crippen molar-refractivity contribution in [1.82, 2.24) is 0 Å². The van der Waals surface area contributed by atoms with Crippen LogP contribution in [0.5, 0.6) is 0 Å². The summed E-state index contributed by atoms with van der Waals surface area (Å²) >= 11 is 0. The van der Waals surface area contributed by atoms with Gasteiger partial charge in [-0.1, -0.05) is 172 Å². The molecule has 0 aliphatic rings. The molecule has 0 heterocycles. The fraction of sp³-hybridized carbons (Fsp3) is 0.776. The van der Waals surface area contributed by atoms with E-state index in [9.17, 15) is 19.5 Å². The standard InChI is InChI=1S/C49H87NO8/c1-6-8-10-12-14-16-18-20-22-23-24-25-26-28-30-32-34-36-38-40-47(52)58-45(44-57-49(48(53)54)55-42-41-50(3,4)5)43-56-46(51)39-37-35-33-31-29-27-21-19-17-15-13-11-9-7-2/h8,10,14,16,20,22,24-25,45,49H,6-7,9,11-13,15,17-19,21,23,26-44H2,1-5H3/p+1/b10-8-,16-14-,22-20-,25-24-. The molecule has 9 heteroatoms. The lowest BCUT2D eigenvalue weighted by Crippen LogP contribution is -2.40. The topological polar surface area (TPSA) is 108 Å². The van der Waals surface area contributed by atoms with Gasteiger partial charge < -0.3 is 28.5 Å². The van der Waals surface area contributed by atoms with Crippen LogP contribution in [-0.2, 0) is 33.3 Å². The summed E-state index contributed by atoms with van der Waals surface area (Å²) in [5.41, 5.74) is 0. The molecule has 0 aliphatic carbocycles. The van der Waals surface area contributed by atoms with E-state index in [1.165, 1.54) is 70.6 Å². The number of esters is 2. The Bertz CT molecular complexity index is 1090. The monoisotopic (exact) mass is 819 g/mol. The van der Waals surface area contributed by atoms with Gasteiger partial charge in [-0.15, -0.1) is 0 Å². The van der Waals surface area contributed by atoms with Gasteiger partial charge in [0.1, 0.15) is 13.2 Å². The van der Waals surface area contributed by atoms with Gasteiger partial charge >= 0.3 is 17.9 Å². The minimum atomic E-state index is -1.51. The number of unbranched alkanes of at least 4 members (excludes halogenated alkanes) is 19. The summed E-state index contributed by atoms with van der Waals surface area (Å²) in [6.07, 6.45) is 44.5. The van der Waals surface area contributed by atoms with Crippen LogP contribution in [0.25, 0.3) is 0 Å². The van der Waals surface area contributed by atoms with Crippen LogP contribution >= 0.6 is 0 Å². The van der Waals surface area contributed by atoms with Gasteiger partial charge in [0.15, 0.2) is 6.10 Å². The van der Waals surface area contributed by atoms with Gasteiger partial charge in [-0.05, 0) is 51.4 Å². The number of ether oxygens (including phenoxy) is 4. The molecule has 0 aromatic rings. The second kappa shape index (κ2) is 41.0. The third kappa shape index (κ3) is 41.4. The number of likely N-dealkylation sites (N-methyl/N-ethyl adjacent to an activating group) is 1. The second-order valence-corrected chi connectivity index (χ2v) is 16.7. The minimum Gasteiger partial charge on any atom is -0.477 e. The number of nitrogens with zero attached hydrogens (tertiary/aromatic N) is 1. The molecule has 336 valence electrons. The van der Waals surface area contributed by atoms with E-state index in [4.69, 9.17) is 18.9 Å². The predicted molar refractivity (Wildman–Crippen MR) is 240 cm³/mol. The zero-order chi connectivity index (χ0) is 42.8. The Kier molecular flexibility index (Phi) is 39.1. The Hall–Kier alpha value is -2.75. The number of carbonyl (C=O) groups is 3. The minimum absolute atomic E-state index is 0.184. The van der Waals surface area contributed by atoms with Gasteiger partial charge in [0.2, 0.25) is 0 Å². The molecule has 58 heavy (non-hydrogen) atoms. The lowest BCUT2D eigenvalue weighted by Gasteiger charge is -2.25. The van der Waals surface area contributed by atoms with Gasteiger partial charge in [-0.3, -0.25) is 9.59 Å². The first-order valence-corrected chi connectivity index (χ1v) is 23.3. The number of allylic oxidation sites excluding steroid dienone is 8. The second-order valence-electron chi connectivity index (χ2n) is 16.7. The first-order valence-electron chi connectivity index (χ1n) is 23.3. The number of carboxylic acids is 1. The van der Waals surface area contributed by atoms with Crippen molar-refractivity contribution in [1.29, 1.82) is 0 Å². The van der Waals surface area contributed by atoms with E-state index in [2.05, 4.69) is 62.5 Å². The Balaban J connectivity index is 4.44. The largest absolute Gasteiger partial charge is 0.477 e. The molecule has 0 rings (SSSR count). The van der Waals surface area contributed by atoms with E-state index in [0.29, 0.717) is 23.9 Å². The summed E-state index contributed by atoms with van der Waals surface area (Å²) in [5, 5.41) is 9.64. The molecule has 0 saturated heterocycles. The molecule has 1 N–H and O–H groups in total. The molecule has 0 aromatic heterocycles. The number of quaternary nitrogens is 1. The van der Waals surface area contributed by atoms with Gasteiger partial charge in [0, 0.05) is 12.8 Å². The number of aliphatic carboxylic acids is 1. The molecule has 0 saturated carbocycles. The number of hydrogen-bond acceptors (Lipinski definition) is 7. The van der Waals surface area contributed by atoms with Crippen molar-refractivity contribution >= 4 is 17.9 Å². The maximum absolute atomic E-state index is 12.8. The van der Waals surface area contributed by atoms with Gasteiger partial charge in [-0.2, -0.15) is 0 Å². The zero-order valence-corrected chi connectivity index (χ0v) is 37.9. The molecular weight excluding hydrogens is 731 g/mol. The van der Waals surface area contributed by atoms with Crippen molar-refractivity contribution in [3.8, 4) is 0 Å². The third-order valence-corrected chi connectivity index (χ3v) is 9.85. The van der Waals surface area contributed by atoms with Crippen LogP contribution in [0.15, 0.2) is 48.6 Å². The van der Waals surface area contributed by atoms with Crippen LogP contribution in [0.3, 0.4) is 0 Å². The van der Waals surface area contributed by atoms with Crippen LogP contribution < -0.4 is 0 Å². The van der Waals surface area contributed by atoms with Crippen molar-refractivity contribution in [3.63, 3.8) is 0 Å². The number of hydrogen-bond donors (Lipinski definition) is 1. The molecule has 0 aromatic carbocycles. The van der Waals surface area contributed by atoms with Crippen LogP contribution in [0.4, 0.5) is 0 Å². The van der Waals surface area contributed by atoms with Crippen molar-refractivity contribution in [2.45, 2.75) is 200 Å². The van der Waals surface area contributed by atoms with Crippen LogP contribution in [0.2, 0.25) is 0 Å². The summed E-state index contributed by atoms with van der Waals surface area (Å²) in [6.45, 7) is 4.74. The lowest BCUT2D eigenvalue weighted by molar-refractivity contribution is -0.870. The van der Waals surface area contributed by atoms with Gasteiger partial charge in [-0.25, -0.2) is 4.79 Å². The van der Waals surface area contributed by atoms with Crippen LogP contribution in [-0.4, -0.2) is 87.4 Å². The van der Waals surface area contributed by atoms with Crippen LogP contribution in [0, 0.1) is 0 Å². The summed E-state index contributed by atoms with van der Waals surface area (Å²) in [7, 11) is 5.95. The van der Waals surface area contributed by atoms with Gasteiger partial charge in [0.25, 0.3) is 6.29 Å². The normalized spacial score (nSPS) is 13.3. The summed E-state index contributed by atoms with van der Waals surface area (Å²) < 4.78 is 22.7. The van der Waals surface area contributed by atoms with Crippen LogP contribution in [0.1, 0.15) is 187 Å². The third-order valence-electron chi connectivity index (χ3n) is 9.85. The van der Waals surface area contributed by atoms with Crippen molar-refractivity contribution in [2.75, 3.05) is 47.5 Å². The molecular formula is C49H88NO8+. The average molecular weight is 819 g/mol. The van der Waals surface area contributed by atoms with Crippen molar-refractivity contribution < 1.29 is 42.9 Å². The Labute approximate surface area is 355 Å². The quantitative estimate of drug-likeness (QED) is 0.0213. The fourth-order valence-corrected chi connectivity index (χ4v) is 6.24. The molecule has 2 atom stereocenters. The van der Waals surface area contributed by atoms with E-state index < -0.39 is 24.3 Å². The Morgan fingerprint density at radius 1 is 0.534 bits per heavy atom. The van der Waals surface area contributed by atoms with Crippen molar-refractivity contribution in [2.24, 2.45) is 0 Å². The summed E-state index contributed by atoms with van der Waals surface area (Å²) in [5.74, 6) is -2.02. The lowest BCUT2D eigenvalue weighted by atomic mass is 10.0. The van der Waals surface area contributed by atoms with Gasteiger partial charge in [0.05, 0.1) is 34.4 Å². The summed E-state index contributed by atoms with van der Waals surface area (Å²) in [4.78, 5) is 37.1. The molecule has 0 fully saturated rings. The number of rotatable bonds is 42. The van der Waals surface area contributed by atoms with E-state index >= 15 is 0 Å². The maximum atomic E-state index is 12.8. The highest BCUT2D eigenvalue weighted by Crippen LogP contribution is 2.15. The fourth-order valence-electron chi connectivity index (χ4n) is 6.24. The molecule has 0 amide bonds. The average Bonchev–Trinajstić information content (AvgIpc) is 3.18. The molecule has 9 nitrogen and oxygen atoms in total. The first kappa shape index (κ1) is 55.2. The molecule has 0 aliphatic heterocycles. The van der Waals surface area contributed by atoms with E-state index in [1.807, 2.05) is 21.1 Å². The molecule has 0 bridgehead atoms. The Morgan fingerprint density at radius 3 is 1.47 bits per heavy atom. The van der Waals surface area contributed by atoms with E-state index in [1.54, 1.807) is 0 Å². The maximum Gasteiger partial charge on any atom is 0.361 e. The summed E-state index contributed by atoms with van der Waals surface area (Å²) in [6, 6.07) is 0. The van der Waals surface area contributed by atoms with E-state index in [0.717, 1.165) is 83.5 Å². The molecule has 0 radical (unpaired) electrons. The Morgan fingerprint density at radius 2 is 0.983 bits per heavy atom. The number of carboxylic acid groups (broad SMARTS) is 1. The number of carbonyl (C=O) groups excluding carboxylic acids is 2. The first-order chi connectivity index (χ1) is 28.1. The highest BCUT2D eigenvalue weighted by molar-refractivity contribution is 5.71. The molecule has 0 spiro atoms. The smallest absolute Gasteiger partial charge is 0.361 e. The van der Waals surface area contributed by atoms with Crippen molar-refractivity contribution in [3.05, 3.63) is 48.6 Å². The molecule has 2 unspecified atom stereocenters. The van der Waals surface area contributed by atoms with E-state index in [-0.39, 0.29) is 32.2 Å². The SMILES string of the molecule is CC/C=C\C/C=C\C/C=C\C/C=C\CCCCCCCCC(=O)OC(COC(=O)CCCCCCCCCCCCCCCC)COC(OCC[N+](C)(C)C)C(=O)O. The zero-order valence-electron chi connectivity index (χ0n) is 37.9.